The van der Waals surface area contributed by atoms with E-state index in [1.165, 1.54) is 6.92 Å². The Labute approximate surface area is 47.0 Å². The molecule has 4 nitrogen and oxygen atoms in total. The van der Waals surface area contributed by atoms with Gasteiger partial charge in [0.2, 0.25) is 5.91 Å². The van der Waals surface area contributed by atoms with E-state index in [9.17, 15) is 4.79 Å². The lowest BCUT2D eigenvalue weighted by Gasteiger charge is -1.88. The average Bonchev–Trinajstić information content (AvgIpc) is 1.65. The van der Waals surface area contributed by atoms with E-state index >= 15 is 0 Å². The predicted octanol–water partition coefficient (Wildman–Crippen LogP) is -0.288. The van der Waals surface area contributed by atoms with Crippen molar-refractivity contribution in [2.75, 3.05) is 0 Å². The average molecular weight is 116 g/mol. The quantitative estimate of drug-likeness (QED) is 0.295. The van der Waals surface area contributed by atoms with Gasteiger partial charge in [-0.1, -0.05) is 5.16 Å². The maximum Gasteiger partial charge on any atom is 0.223 e. The van der Waals surface area contributed by atoms with Crippen LogP contribution in [-0.2, 0) is 4.79 Å². The second kappa shape index (κ2) is 3.01. The van der Waals surface area contributed by atoms with Gasteiger partial charge < -0.3 is 10.9 Å². The molecule has 4 heteroatoms. The normalized spacial score (nSPS) is 11.4. The van der Waals surface area contributed by atoms with Crippen LogP contribution in [-0.4, -0.2) is 16.8 Å². The van der Waals surface area contributed by atoms with Gasteiger partial charge in [-0.2, -0.15) is 0 Å². The van der Waals surface area contributed by atoms with Crippen molar-refractivity contribution in [1.29, 1.82) is 0 Å². The van der Waals surface area contributed by atoms with Gasteiger partial charge in [0.15, 0.2) is 0 Å². The molecule has 0 saturated heterocycles. The van der Waals surface area contributed by atoms with Crippen LogP contribution in [0.5, 0.6) is 0 Å². The van der Waals surface area contributed by atoms with Gasteiger partial charge in [0, 0.05) is 0 Å². The van der Waals surface area contributed by atoms with E-state index in [2.05, 4.69) is 5.16 Å². The summed E-state index contributed by atoms with van der Waals surface area (Å²) >= 11 is 0. The van der Waals surface area contributed by atoms with Crippen LogP contribution >= 0.6 is 0 Å². The highest BCUT2D eigenvalue weighted by molar-refractivity contribution is 5.98. The molecule has 0 unspecified atom stereocenters. The zero-order chi connectivity index (χ0) is 6.57. The minimum absolute atomic E-state index is 0.0243. The lowest BCUT2D eigenvalue weighted by molar-refractivity contribution is -0.116. The minimum Gasteiger partial charge on any atom is -0.411 e. The lowest BCUT2D eigenvalue weighted by Crippen LogP contribution is -2.14. The lowest BCUT2D eigenvalue weighted by atomic mass is 10.3. The first-order chi connectivity index (χ1) is 3.66. The third-order valence-corrected chi connectivity index (χ3v) is 0.601. The van der Waals surface area contributed by atoms with Gasteiger partial charge in [-0.15, -0.1) is 0 Å². The van der Waals surface area contributed by atoms with E-state index in [-0.39, 0.29) is 6.42 Å². The van der Waals surface area contributed by atoms with Crippen LogP contribution in [0.15, 0.2) is 5.16 Å². The van der Waals surface area contributed by atoms with E-state index in [0.717, 1.165) is 0 Å². The second-order valence-electron chi connectivity index (χ2n) is 1.48. The molecule has 1 amide bonds. The smallest absolute Gasteiger partial charge is 0.223 e. The summed E-state index contributed by atoms with van der Waals surface area (Å²) in [4.78, 5) is 10.00. The first kappa shape index (κ1) is 6.94. The summed E-state index contributed by atoms with van der Waals surface area (Å²) in [5, 5.41) is 10.7. The Balaban J connectivity index is 3.56. The van der Waals surface area contributed by atoms with Gasteiger partial charge in [-0.25, -0.2) is 0 Å². The molecule has 0 fully saturated rings. The van der Waals surface area contributed by atoms with Gasteiger partial charge in [-0.3, -0.25) is 4.79 Å². The van der Waals surface area contributed by atoms with E-state index in [1.807, 2.05) is 0 Å². The van der Waals surface area contributed by atoms with Crippen LogP contribution in [0.4, 0.5) is 0 Å². The molecule has 0 aromatic heterocycles. The number of hydrogen-bond donors (Lipinski definition) is 2. The molecule has 0 saturated carbocycles. The summed E-state index contributed by atoms with van der Waals surface area (Å²) in [6, 6.07) is 0. The highest BCUT2D eigenvalue weighted by atomic mass is 16.4. The van der Waals surface area contributed by atoms with Gasteiger partial charge in [0.05, 0.1) is 12.1 Å². The molecule has 0 heterocycles. The molecule has 0 aliphatic carbocycles. The number of nitrogens with two attached hydrogens (primary N) is 1. The van der Waals surface area contributed by atoms with Crippen LogP contribution in [0.1, 0.15) is 13.3 Å². The number of carbonyl (C=O) groups is 1. The van der Waals surface area contributed by atoms with Crippen molar-refractivity contribution in [2.24, 2.45) is 10.9 Å². The highest BCUT2D eigenvalue weighted by Gasteiger charge is 1.95. The summed E-state index contributed by atoms with van der Waals surface area (Å²) in [6.07, 6.45) is 0.0243. The first-order valence-corrected chi connectivity index (χ1v) is 2.12. The molecular formula is C4H8N2O2. The maximum absolute atomic E-state index is 10.00. The van der Waals surface area contributed by atoms with Crippen molar-refractivity contribution >= 4 is 11.6 Å². The van der Waals surface area contributed by atoms with Gasteiger partial charge in [0.1, 0.15) is 0 Å². The predicted molar refractivity (Wildman–Crippen MR) is 28.7 cm³/mol. The Kier molecular flexibility index (Phi) is 2.61. The third kappa shape index (κ3) is 3.14. The molecule has 8 heavy (non-hydrogen) atoms. The summed E-state index contributed by atoms with van der Waals surface area (Å²) < 4.78 is 0. The number of hydrogen-bond acceptors (Lipinski definition) is 3. The van der Waals surface area contributed by atoms with E-state index in [4.69, 9.17) is 10.9 Å². The Hall–Kier alpha value is -1.06. The molecular weight excluding hydrogens is 108 g/mol. The monoisotopic (exact) mass is 116 g/mol. The number of oxime groups is 1. The standard InChI is InChI=1S/C4H8N2O2/c1-3(6-8)2-4(5)7/h8H,2H2,1H3,(H2,5,7). The van der Waals surface area contributed by atoms with E-state index in [0.29, 0.717) is 5.71 Å². The molecule has 0 bridgehead atoms. The van der Waals surface area contributed by atoms with Crippen molar-refractivity contribution in [3.63, 3.8) is 0 Å². The van der Waals surface area contributed by atoms with Crippen molar-refractivity contribution in [2.45, 2.75) is 13.3 Å². The fraction of sp³-hybridized carbons (Fsp3) is 0.500. The summed E-state index contributed by atoms with van der Waals surface area (Å²) in [5.74, 6) is -0.486. The molecule has 0 aromatic rings. The van der Waals surface area contributed by atoms with Gasteiger partial charge >= 0.3 is 0 Å². The second-order valence-corrected chi connectivity index (χ2v) is 1.48. The van der Waals surface area contributed by atoms with Crippen LogP contribution in [0.3, 0.4) is 0 Å². The molecule has 0 atom stereocenters. The van der Waals surface area contributed by atoms with Crippen molar-refractivity contribution in [3.8, 4) is 0 Å². The van der Waals surface area contributed by atoms with Crippen LogP contribution < -0.4 is 5.73 Å². The summed E-state index contributed by atoms with van der Waals surface area (Å²) in [5.41, 5.74) is 5.07. The van der Waals surface area contributed by atoms with Crippen LogP contribution in [0.2, 0.25) is 0 Å². The van der Waals surface area contributed by atoms with Gasteiger partial charge in [0.25, 0.3) is 0 Å². The summed E-state index contributed by atoms with van der Waals surface area (Å²) in [7, 11) is 0. The molecule has 0 aliphatic heterocycles. The molecule has 3 N–H and O–H groups in total. The Bertz CT molecular complexity index is 119. The topological polar surface area (TPSA) is 75.7 Å². The molecule has 0 spiro atoms. The number of amides is 1. The van der Waals surface area contributed by atoms with Gasteiger partial charge in [-0.05, 0) is 6.92 Å². The minimum atomic E-state index is -0.486. The van der Waals surface area contributed by atoms with Crippen molar-refractivity contribution in [3.05, 3.63) is 0 Å². The van der Waals surface area contributed by atoms with Crippen molar-refractivity contribution in [1.82, 2.24) is 0 Å². The molecule has 0 radical (unpaired) electrons. The highest BCUT2D eigenvalue weighted by Crippen LogP contribution is 1.80. The number of nitrogens with zero attached hydrogens (tertiary/aromatic N) is 1. The Morgan fingerprint density at radius 1 is 1.88 bits per heavy atom. The molecule has 46 valence electrons. The number of primary amides is 1. The molecule has 0 rings (SSSR count). The molecule has 0 aliphatic rings. The van der Waals surface area contributed by atoms with Crippen LogP contribution in [0, 0.1) is 0 Å². The van der Waals surface area contributed by atoms with Crippen LogP contribution in [0.25, 0.3) is 0 Å². The number of rotatable bonds is 2. The fourth-order valence-electron chi connectivity index (χ4n) is 0.288. The SMILES string of the molecule is CC(CC(N)=O)=NO. The molecule has 0 aromatic carbocycles. The zero-order valence-electron chi connectivity index (χ0n) is 4.59. The first-order valence-electron chi connectivity index (χ1n) is 2.12. The summed E-state index contributed by atoms with van der Waals surface area (Å²) in [6.45, 7) is 1.52. The van der Waals surface area contributed by atoms with Crippen molar-refractivity contribution < 1.29 is 10.0 Å². The maximum atomic E-state index is 10.00. The third-order valence-electron chi connectivity index (χ3n) is 0.601. The fourth-order valence-corrected chi connectivity index (χ4v) is 0.288. The Morgan fingerprint density at radius 2 is 2.38 bits per heavy atom. The van der Waals surface area contributed by atoms with E-state index in [1.54, 1.807) is 0 Å². The largest absolute Gasteiger partial charge is 0.411 e. The Morgan fingerprint density at radius 3 is 2.50 bits per heavy atom. The number of carbonyl (C=O) groups excluding carboxylic acids is 1. The zero-order valence-corrected chi connectivity index (χ0v) is 4.59. The van der Waals surface area contributed by atoms with E-state index < -0.39 is 5.91 Å².